The molecule has 18 heavy (non-hydrogen) atoms. The summed E-state index contributed by atoms with van der Waals surface area (Å²) in [7, 11) is 0. The van der Waals surface area contributed by atoms with E-state index >= 15 is 0 Å². The number of aliphatic hydroxyl groups is 2. The quantitative estimate of drug-likeness (QED) is 0.749. The Bertz CT molecular complexity index is 393. The number of carbonyl (C=O) groups is 1. The molecule has 0 aromatic heterocycles. The van der Waals surface area contributed by atoms with E-state index in [2.05, 4.69) is 13.8 Å². The summed E-state index contributed by atoms with van der Waals surface area (Å²) in [5.74, 6) is 0.766. The summed E-state index contributed by atoms with van der Waals surface area (Å²) in [6, 6.07) is 0. The highest BCUT2D eigenvalue weighted by Crippen LogP contribution is 2.67. The minimum atomic E-state index is -0.340. The van der Waals surface area contributed by atoms with E-state index in [1.807, 2.05) is 0 Å². The highest BCUT2D eigenvalue weighted by molar-refractivity contribution is 5.85. The van der Waals surface area contributed by atoms with Crippen molar-refractivity contribution in [2.24, 2.45) is 22.2 Å². The fourth-order valence-electron chi connectivity index (χ4n) is 5.36. The lowest BCUT2D eigenvalue weighted by Gasteiger charge is -2.54. The third-order valence-electron chi connectivity index (χ3n) is 6.41. The van der Waals surface area contributed by atoms with Crippen LogP contribution in [0.1, 0.15) is 52.4 Å². The fourth-order valence-corrected chi connectivity index (χ4v) is 5.36. The second-order valence-corrected chi connectivity index (χ2v) is 7.52. The molecule has 0 aromatic carbocycles. The highest BCUT2D eigenvalue weighted by Gasteiger charge is 2.65. The van der Waals surface area contributed by atoms with Gasteiger partial charge in [-0.3, -0.25) is 4.79 Å². The molecular formula is C15H24O3. The molecule has 1 spiro atoms. The van der Waals surface area contributed by atoms with Gasteiger partial charge in [-0.25, -0.2) is 0 Å². The Morgan fingerprint density at radius 2 is 2.06 bits per heavy atom. The average Bonchev–Trinajstić information content (AvgIpc) is 2.54. The van der Waals surface area contributed by atoms with Gasteiger partial charge in [-0.15, -0.1) is 0 Å². The first kappa shape index (κ1) is 12.6. The van der Waals surface area contributed by atoms with E-state index in [0.717, 1.165) is 25.7 Å². The summed E-state index contributed by atoms with van der Waals surface area (Å²) in [4.78, 5) is 12.1. The van der Waals surface area contributed by atoms with Crippen LogP contribution in [0.2, 0.25) is 0 Å². The molecule has 3 rings (SSSR count). The molecule has 0 unspecified atom stereocenters. The standard InChI is InChI=1S/C15H24O3/c1-13-5-3-10-14(2,9-16)7-12(18)15(10,8-13)6-4-11(13)17/h10,12,16,18H,3-9H2,1-2H3/t10-,12-,13+,14-,15-/m0/s1. The molecule has 0 amide bonds. The lowest BCUT2D eigenvalue weighted by molar-refractivity contribution is -0.150. The van der Waals surface area contributed by atoms with E-state index in [1.165, 1.54) is 0 Å². The van der Waals surface area contributed by atoms with Crippen molar-refractivity contribution < 1.29 is 15.0 Å². The van der Waals surface area contributed by atoms with Gasteiger partial charge in [0.05, 0.1) is 6.10 Å². The minimum absolute atomic E-state index is 0.0988. The Morgan fingerprint density at radius 1 is 1.33 bits per heavy atom. The second kappa shape index (κ2) is 3.57. The SMILES string of the molecule is C[C@]12CC[C@H]3[C@](C)(CO)C[C@H](O)[C@@]3(CCC1=O)C2. The van der Waals surface area contributed by atoms with Crippen molar-refractivity contribution in [1.29, 1.82) is 0 Å². The molecule has 3 aliphatic rings. The summed E-state index contributed by atoms with van der Waals surface area (Å²) in [5.41, 5.74) is -0.462. The summed E-state index contributed by atoms with van der Waals surface area (Å²) >= 11 is 0. The van der Waals surface area contributed by atoms with Crippen molar-refractivity contribution >= 4 is 5.78 Å². The first-order valence-electron chi connectivity index (χ1n) is 7.19. The molecule has 0 radical (unpaired) electrons. The molecule has 3 heteroatoms. The van der Waals surface area contributed by atoms with Crippen LogP contribution in [-0.2, 0) is 4.79 Å². The minimum Gasteiger partial charge on any atom is -0.396 e. The van der Waals surface area contributed by atoms with Crippen LogP contribution in [0.3, 0.4) is 0 Å². The first-order valence-corrected chi connectivity index (χ1v) is 7.19. The van der Waals surface area contributed by atoms with Crippen LogP contribution in [0.5, 0.6) is 0 Å². The van der Waals surface area contributed by atoms with Gasteiger partial charge in [0.2, 0.25) is 0 Å². The van der Waals surface area contributed by atoms with Crippen LogP contribution in [0.4, 0.5) is 0 Å². The normalized spacial score (nSPS) is 55.4. The van der Waals surface area contributed by atoms with Crippen molar-refractivity contribution in [3.63, 3.8) is 0 Å². The van der Waals surface area contributed by atoms with Crippen molar-refractivity contribution in [2.45, 2.75) is 58.5 Å². The van der Waals surface area contributed by atoms with Crippen molar-refractivity contribution in [3.8, 4) is 0 Å². The Labute approximate surface area is 109 Å². The lowest BCUT2D eigenvalue weighted by atomic mass is 9.49. The zero-order valence-corrected chi connectivity index (χ0v) is 11.4. The number of Topliss-reactive ketones (excluding diaryl/α,β-unsaturated/α-hetero) is 1. The zero-order valence-electron chi connectivity index (χ0n) is 11.4. The number of rotatable bonds is 1. The van der Waals surface area contributed by atoms with E-state index in [-0.39, 0.29) is 29.0 Å². The smallest absolute Gasteiger partial charge is 0.138 e. The van der Waals surface area contributed by atoms with Gasteiger partial charge in [-0.05, 0) is 43.4 Å². The maximum Gasteiger partial charge on any atom is 0.138 e. The topological polar surface area (TPSA) is 57.5 Å². The van der Waals surface area contributed by atoms with Crippen LogP contribution in [0.25, 0.3) is 0 Å². The maximum absolute atomic E-state index is 12.1. The summed E-state index contributed by atoms with van der Waals surface area (Å²) < 4.78 is 0. The molecule has 0 heterocycles. The van der Waals surface area contributed by atoms with Crippen molar-refractivity contribution in [2.75, 3.05) is 6.61 Å². The van der Waals surface area contributed by atoms with Crippen LogP contribution in [-0.4, -0.2) is 28.7 Å². The highest BCUT2D eigenvalue weighted by atomic mass is 16.3. The van der Waals surface area contributed by atoms with E-state index in [9.17, 15) is 15.0 Å². The number of ketones is 1. The molecule has 0 saturated heterocycles. The van der Waals surface area contributed by atoms with Gasteiger partial charge in [-0.2, -0.15) is 0 Å². The van der Waals surface area contributed by atoms with Crippen LogP contribution in [0.15, 0.2) is 0 Å². The van der Waals surface area contributed by atoms with Crippen molar-refractivity contribution in [3.05, 3.63) is 0 Å². The van der Waals surface area contributed by atoms with Gasteiger partial charge >= 0.3 is 0 Å². The molecule has 2 bridgehead atoms. The van der Waals surface area contributed by atoms with Crippen LogP contribution >= 0.6 is 0 Å². The molecule has 3 nitrogen and oxygen atoms in total. The van der Waals surface area contributed by atoms with E-state index in [0.29, 0.717) is 24.5 Å². The molecule has 0 aromatic rings. The zero-order chi connectivity index (χ0) is 13.2. The number of hydrogen-bond acceptors (Lipinski definition) is 3. The third kappa shape index (κ3) is 1.35. The molecule has 3 aliphatic carbocycles. The van der Waals surface area contributed by atoms with Gasteiger partial charge in [0.25, 0.3) is 0 Å². The monoisotopic (exact) mass is 252 g/mol. The number of carbonyl (C=O) groups excluding carboxylic acids is 1. The van der Waals surface area contributed by atoms with Gasteiger partial charge < -0.3 is 10.2 Å². The second-order valence-electron chi connectivity index (χ2n) is 7.52. The van der Waals surface area contributed by atoms with E-state index in [4.69, 9.17) is 0 Å². The molecule has 5 atom stereocenters. The Kier molecular flexibility index (Phi) is 2.50. The van der Waals surface area contributed by atoms with Gasteiger partial charge in [-0.1, -0.05) is 13.8 Å². The Hall–Kier alpha value is -0.410. The molecule has 0 aliphatic heterocycles. The summed E-state index contributed by atoms with van der Waals surface area (Å²) in [6.45, 7) is 4.34. The largest absolute Gasteiger partial charge is 0.396 e. The predicted octanol–water partition coefficient (Wildman–Crippen LogP) is 1.91. The lowest BCUT2D eigenvalue weighted by Crippen LogP contribution is -2.53. The van der Waals surface area contributed by atoms with Gasteiger partial charge in [0.1, 0.15) is 5.78 Å². The fraction of sp³-hybridized carbons (Fsp3) is 0.933. The number of aliphatic hydroxyl groups excluding tert-OH is 2. The molecular weight excluding hydrogens is 228 g/mol. The first-order chi connectivity index (χ1) is 8.36. The van der Waals surface area contributed by atoms with E-state index < -0.39 is 0 Å². The Morgan fingerprint density at radius 3 is 2.72 bits per heavy atom. The van der Waals surface area contributed by atoms with Gasteiger partial charge in [0, 0.05) is 23.9 Å². The average molecular weight is 252 g/mol. The predicted molar refractivity (Wildman–Crippen MR) is 67.9 cm³/mol. The summed E-state index contributed by atoms with van der Waals surface area (Å²) in [6.07, 6.45) is 4.54. The third-order valence-corrected chi connectivity index (χ3v) is 6.41. The molecule has 102 valence electrons. The molecule has 3 saturated carbocycles. The summed E-state index contributed by atoms with van der Waals surface area (Å²) in [5, 5.41) is 20.3. The van der Waals surface area contributed by atoms with Crippen LogP contribution < -0.4 is 0 Å². The maximum atomic E-state index is 12.1. The number of hydrogen-bond donors (Lipinski definition) is 2. The molecule has 3 fully saturated rings. The number of fused-ring (bicyclic) bond motifs is 1. The van der Waals surface area contributed by atoms with Crippen molar-refractivity contribution in [1.82, 2.24) is 0 Å². The van der Waals surface area contributed by atoms with E-state index in [1.54, 1.807) is 0 Å². The van der Waals surface area contributed by atoms with Crippen LogP contribution in [0, 0.1) is 22.2 Å². The Balaban J connectivity index is 2.01. The molecule has 2 N–H and O–H groups in total. The van der Waals surface area contributed by atoms with Gasteiger partial charge in [0.15, 0.2) is 0 Å².